The van der Waals surface area contributed by atoms with Gasteiger partial charge in [0.15, 0.2) is 0 Å². The molecule has 1 amide bonds. The van der Waals surface area contributed by atoms with Crippen LogP contribution in [0.3, 0.4) is 0 Å². The van der Waals surface area contributed by atoms with Crippen LogP contribution in [0.15, 0.2) is 108 Å². The first kappa shape index (κ1) is 24.3. The van der Waals surface area contributed by atoms with E-state index in [1.807, 2.05) is 31.2 Å². The average Bonchev–Trinajstić information content (AvgIpc) is 2.88. The highest BCUT2D eigenvalue weighted by Crippen LogP contribution is 2.26. The summed E-state index contributed by atoms with van der Waals surface area (Å²) in [4.78, 5) is 12.3. The molecule has 0 fully saturated rings. The van der Waals surface area contributed by atoms with Crippen LogP contribution in [0.5, 0.6) is 0 Å². The van der Waals surface area contributed by atoms with Gasteiger partial charge in [-0.25, -0.2) is 12.8 Å². The summed E-state index contributed by atoms with van der Waals surface area (Å²) in [5.74, 6) is -1.46. The SMILES string of the molecule is CCc1ccccc1NC(=O)c1ccc(F)c(S(=O)(=O)NC(c2ccccc2)c2ccccc2)c1. The van der Waals surface area contributed by atoms with Crippen LogP contribution in [0.1, 0.15) is 40.0 Å². The fourth-order valence-electron chi connectivity index (χ4n) is 3.83. The highest BCUT2D eigenvalue weighted by atomic mass is 32.2. The predicted molar refractivity (Wildman–Crippen MR) is 135 cm³/mol. The van der Waals surface area contributed by atoms with Crippen LogP contribution in [0.25, 0.3) is 0 Å². The second kappa shape index (κ2) is 10.6. The number of amides is 1. The summed E-state index contributed by atoms with van der Waals surface area (Å²) in [6.45, 7) is 1.97. The molecule has 0 aliphatic heterocycles. The van der Waals surface area contributed by atoms with Crippen molar-refractivity contribution in [2.75, 3.05) is 5.32 Å². The minimum atomic E-state index is -4.33. The van der Waals surface area contributed by atoms with E-state index in [0.29, 0.717) is 23.2 Å². The van der Waals surface area contributed by atoms with Gasteiger partial charge < -0.3 is 5.32 Å². The van der Waals surface area contributed by atoms with Crippen molar-refractivity contribution in [1.29, 1.82) is 0 Å². The molecule has 0 unspecified atom stereocenters. The third kappa shape index (κ3) is 5.65. The standard InChI is InChI=1S/C28H25FN2O3S/c1-2-20-11-9-10-16-25(20)30-28(32)23-17-18-24(29)26(19-23)35(33,34)31-27(21-12-5-3-6-13-21)22-14-7-4-8-15-22/h3-19,27,31H,2H2,1H3,(H,30,32). The first-order chi connectivity index (χ1) is 16.9. The van der Waals surface area contributed by atoms with Crippen molar-refractivity contribution in [3.63, 3.8) is 0 Å². The molecule has 0 atom stereocenters. The van der Waals surface area contributed by atoms with Crippen molar-refractivity contribution in [2.45, 2.75) is 24.3 Å². The molecular formula is C28H25FN2O3S. The number of hydrogen-bond donors (Lipinski definition) is 2. The number of carbonyl (C=O) groups is 1. The van der Waals surface area contributed by atoms with Crippen molar-refractivity contribution in [3.05, 3.63) is 131 Å². The van der Waals surface area contributed by atoms with E-state index in [0.717, 1.165) is 17.7 Å². The lowest BCUT2D eigenvalue weighted by molar-refractivity contribution is 0.102. The Balaban J connectivity index is 1.67. The summed E-state index contributed by atoms with van der Waals surface area (Å²) in [5, 5.41) is 2.79. The molecule has 0 spiro atoms. The summed E-state index contributed by atoms with van der Waals surface area (Å²) in [5.41, 5.74) is 3.00. The normalized spacial score (nSPS) is 11.4. The topological polar surface area (TPSA) is 75.3 Å². The van der Waals surface area contributed by atoms with Crippen LogP contribution in [0.4, 0.5) is 10.1 Å². The van der Waals surface area contributed by atoms with E-state index in [2.05, 4.69) is 10.0 Å². The van der Waals surface area contributed by atoms with Crippen molar-refractivity contribution in [3.8, 4) is 0 Å². The lowest BCUT2D eigenvalue weighted by atomic mass is 10.00. The summed E-state index contributed by atoms with van der Waals surface area (Å²) in [7, 11) is -4.33. The fraction of sp³-hybridized carbons (Fsp3) is 0.107. The maximum absolute atomic E-state index is 14.8. The summed E-state index contributed by atoms with van der Waals surface area (Å²) in [6, 6.07) is 28.0. The molecule has 178 valence electrons. The molecule has 0 radical (unpaired) electrons. The van der Waals surface area contributed by atoms with Crippen LogP contribution < -0.4 is 10.0 Å². The van der Waals surface area contributed by atoms with Crippen molar-refractivity contribution in [2.24, 2.45) is 0 Å². The number of hydrogen-bond acceptors (Lipinski definition) is 3. The molecule has 0 bridgehead atoms. The molecule has 0 saturated carbocycles. The van der Waals surface area contributed by atoms with Gasteiger partial charge in [0.25, 0.3) is 5.91 Å². The van der Waals surface area contributed by atoms with E-state index in [1.165, 1.54) is 6.07 Å². The maximum Gasteiger partial charge on any atom is 0.255 e. The Morgan fingerprint density at radius 1 is 0.829 bits per heavy atom. The Hall–Kier alpha value is -3.81. The first-order valence-electron chi connectivity index (χ1n) is 11.2. The van der Waals surface area contributed by atoms with Crippen molar-refractivity contribution < 1.29 is 17.6 Å². The lowest BCUT2D eigenvalue weighted by Crippen LogP contribution is -2.30. The molecule has 2 N–H and O–H groups in total. The number of sulfonamides is 1. The summed E-state index contributed by atoms with van der Waals surface area (Å²) in [6.07, 6.45) is 0.712. The molecule has 4 aromatic carbocycles. The highest BCUT2D eigenvalue weighted by molar-refractivity contribution is 7.89. The predicted octanol–water partition coefficient (Wildman–Crippen LogP) is 5.71. The molecule has 0 aliphatic carbocycles. The van der Waals surface area contributed by atoms with E-state index in [-0.39, 0.29) is 5.56 Å². The number of anilines is 1. The number of nitrogens with one attached hydrogen (secondary N) is 2. The van der Waals surface area contributed by atoms with E-state index < -0.39 is 32.7 Å². The zero-order valence-corrected chi connectivity index (χ0v) is 19.9. The van der Waals surface area contributed by atoms with Gasteiger partial charge in [0.2, 0.25) is 10.0 Å². The second-order valence-corrected chi connectivity index (χ2v) is 9.67. The highest BCUT2D eigenvalue weighted by Gasteiger charge is 2.26. The van der Waals surface area contributed by atoms with E-state index >= 15 is 0 Å². The molecule has 4 aromatic rings. The summed E-state index contributed by atoms with van der Waals surface area (Å²) < 4.78 is 44.1. The first-order valence-corrected chi connectivity index (χ1v) is 12.7. The van der Waals surface area contributed by atoms with Gasteiger partial charge in [-0.3, -0.25) is 4.79 Å². The minimum absolute atomic E-state index is 0.0358. The lowest BCUT2D eigenvalue weighted by Gasteiger charge is -2.20. The largest absolute Gasteiger partial charge is 0.322 e. The molecule has 0 aliphatic rings. The van der Waals surface area contributed by atoms with Crippen LogP contribution in [-0.4, -0.2) is 14.3 Å². The molecule has 7 heteroatoms. The van der Waals surface area contributed by atoms with Crippen LogP contribution in [0, 0.1) is 5.82 Å². The molecule has 4 rings (SSSR count). The van der Waals surface area contributed by atoms with Crippen LogP contribution in [-0.2, 0) is 16.4 Å². The number of aryl methyl sites for hydroxylation is 1. The minimum Gasteiger partial charge on any atom is -0.322 e. The Labute approximate surface area is 204 Å². The van der Waals surface area contributed by atoms with Crippen LogP contribution >= 0.6 is 0 Å². The summed E-state index contributed by atoms with van der Waals surface area (Å²) >= 11 is 0. The fourth-order valence-corrected chi connectivity index (χ4v) is 5.15. The third-order valence-electron chi connectivity index (χ3n) is 5.67. The van der Waals surface area contributed by atoms with Gasteiger partial charge >= 0.3 is 0 Å². The Morgan fingerprint density at radius 2 is 1.40 bits per heavy atom. The van der Waals surface area contributed by atoms with Gasteiger partial charge in [0.05, 0.1) is 6.04 Å². The quantitative estimate of drug-likeness (QED) is 0.334. The van der Waals surface area contributed by atoms with E-state index in [9.17, 15) is 17.6 Å². The smallest absolute Gasteiger partial charge is 0.255 e. The number of carbonyl (C=O) groups excluding carboxylic acids is 1. The van der Waals surface area contributed by atoms with Gasteiger partial charge in [-0.15, -0.1) is 0 Å². The molecule has 0 saturated heterocycles. The molecule has 5 nitrogen and oxygen atoms in total. The second-order valence-electron chi connectivity index (χ2n) is 7.99. The number of para-hydroxylation sites is 1. The molecule has 0 aromatic heterocycles. The van der Waals surface area contributed by atoms with Gasteiger partial charge in [0.1, 0.15) is 10.7 Å². The zero-order chi connectivity index (χ0) is 24.8. The Kier molecular flexibility index (Phi) is 7.39. The van der Waals surface area contributed by atoms with Crippen LogP contribution in [0.2, 0.25) is 0 Å². The van der Waals surface area contributed by atoms with Gasteiger partial charge in [-0.1, -0.05) is 85.8 Å². The van der Waals surface area contributed by atoms with Gasteiger partial charge in [0, 0.05) is 11.3 Å². The molecule has 35 heavy (non-hydrogen) atoms. The van der Waals surface area contributed by atoms with Gasteiger partial charge in [-0.2, -0.15) is 4.72 Å². The van der Waals surface area contributed by atoms with Crippen molar-refractivity contribution in [1.82, 2.24) is 4.72 Å². The number of benzene rings is 4. The zero-order valence-electron chi connectivity index (χ0n) is 19.1. The van der Waals surface area contributed by atoms with Crippen molar-refractivity contribution >= 4 is 21.6 Å². The van der Waals surface area contributed by atoms with E-state index in [1.54, 1.807) is 60.7 Å². The molecule has 0 heterocycles. The average molecular weight is 489 g/mol. The maximum atomic E-state index is 14.8. The Bertz CT molecular complexity index is 1390. The number of rotatable bonds is 8. The number of halogens is 1. The Morgan fingerprint density at radius 3 is 2.00 bits per heavy atom. The van der Waals surface area contributed by atoms with E-state index in [4.69, 9.17) is 0 Å². The van der Waals surface area contributed by atoms with Gasteiger partial charge in [-0.05, 0) is 47.4 Å². The molecular weight excluding hydrogens is 463 g/mol. The monoisotopic (exact) mass is 488 g/mol. The third-order valence-corrected chi connectivity index (χ3v) is 7.11.